The maximum absolute atomic E-state index is 11.7. The molecule has 0 unspecified atom stereocenters. The number of amides is 1. The van der Waals surface area contributed by atoms with Crippen molar-refractivity contribution >= 4 is 28.5 Å². The molecule has 0 fully saturated rings. The lowest BCUT2D eigenvalue weighted by atomic mass is 10.3. The first-order chi connectivity index (χ1) is 13.7. The first kappa shape index (κ1) is 20.2. The van der Waals surface area contributed by atoms with E-state index in [1.807, 2.05) is 49.4 Å². The van der Waals surface area contributed by atoms with Crippen molar-refractivity contribution in [1.29, 1.82) is 0 Å². The molecular formula is C22H26ClN3O2. The number of nitrogens with zero attached hydrogens (tertiary/aromatic N) is 2. The summed E-state index contributed by atoms with van der Waals surface area (Å²) in [6, 6.07) is 15.5. The second-order valence-corrected chi connectivity index (χ2v) is 7.11. The molecule has 0 atom stereocenters. The van der Waals surface area contributed by atoms with Crippen LogP contribution in [0.4, 0.5) is 0 Å². The SMILES string of the molecule is CCCC(=O)NCCc1nc2ccccc2n1CCCOc1ccc(Cl)cc1. The van der Waals surface area contributed by atoms with Gasteiger partial charge in [0, 0.05) is 31.0 Å². The topological polar surface area (TPSA) is 56.2 Å². The van der Waals surface area contributed by atoms with Crippen LogP contribution in [0.15, 0.2) is 48.5 Å². The van der Waals surface area contributed by atoms with Gasteiger partial charge in [-0.2, -0.15) is 0 Å². The average molecular weight is 400 g/mol. The minimum atomic E-state index is 0.0986. The molecule has 2 aromatic carbocycles. The van der Waals surface area contributed by atoms with E-state index in [1.54, 1.807) is 0 Å². The molecule has 3 aromatic rings. The van der Waals surface area contributed by atoms with Gasteiger partial charge in [-0.15, -0.1) is 0 Å². The number of rotatable bonds is 10. The highest BCUT2D eigenvalue weighted by Gasteiger charge is 2.10. The Morgan fingerprint density at radius 1 is 1.18 bits per heavy atom. The number of fused-ring (bicyclic) bond motifs is 1. The monoisotopic (exact) mass is 399 g/mol. The van der Waals surface area contributed by atoms with Gasteiger partial charge in [-0.25, -0.2) is 4.98 Å². The van der Waals surface area contributed by atoms with Gasteiger partial charge >= 0.3 is 0 Å². The van der Waals surface area contributed by atoms with E-state index in [9.17, 15) is 4.79 Å². The van der Waals surface area contributed by atoms with E-state index < -0.39 is 0 Å². The van der Waals surface area contributed by atoms with Crippen molar-refractivity contribution in [2.75, 3.05) is 13.2 Å². The number of hydrogen-bond donors (Lipinski definition) is 1. The zero-order chi connectivity index (χ0) is 19.8. The number of benzene rings is 2. The van der Waals surface area contributed by atoms with Crippen LogP contribution < -0.4 is 10.1 Å². The van der Waals surface area contributed by atoms with Crippen LogP contribution in [-0.2, 0) is 17.8 Å². The fraction of sp³-hybridized carbons (Fsp3) is 0.364. The normalized spacial score (nSPS) is 10.9. The summed E-state index contributed by atoms with van der Waals surface area (Å²) in [6.07, 6.45) is 3.00. The molecule has 1 N–H and O–H groups in total. The van der Waals surface area contributed by atoms with E-state index in [0.29, 0.717) is 31.0 Å². The molecule has 0 saturated carbocycles. The first-order valence-corrected chi connectivity index (χ1v) is 10.1. The van der Waals surface area contributed by atoms with Gasteiger partial charge < -0.3 is 14.6 Å². The van der Waals surface area contributed by atoms with Crippen LogP contribution in [0, 0.1) is 0 Å². The zero-order valence-electron chi connectivity index (χ0n) is 16.2. The highest BCUT2D eigenvalue weighted by atomic mass is 35.5. The molecular weight excluding hydrogens is 374 g/mol. The van der Waals surface area contributed by atoms with Gasteiger partial charge in [0.1, 0.15) is 11.6 Å². The number of aryl methyl sites for hydroxylation is 1. The molecule has 0 spiro atoms. The number of aromatic nitrogens is 2. The van der Waals surface area contributed by atoms with E-state index in [-0.39, 0.29) is 5.91 Å². The Bertz CT molecular complexity index is 906. The first-order valence-electron chi connectivity index (χ1n) is 9.76. The molecule has 6 heteroatoms. The summed E-state index contributed by atoms with van der Waals surface area (Å²) < 4.78 is 8.03. The molecule has 0 aliphatic heterocycles. The van der Waals surface area contributed by atoms with Crippen molar-refractivity contribution in [3.8, 4) is 5.75 Å². The summed E-state index contributed by atoms with van der Waals surface area (Å²) in [5.74, 6) is 1.91. The zero-order valence-corrected chi connectivity index (χ0v) is 16.9. The third-order valence-corrected chi connectivity index (χ3v) is 4.74. The fourth-order valence-corrected chi connectivity index (χ4v) is 3.26. The molecule has 0 aliphatic carbocycles. The van der Waals surface area contributed by atoms with E-state index >= 15 is 0 Å². The van der Waals surface area contributed by atoms with E-state index in [2.05, 4.69) is 16.0 Å². The lowest BCUT2D eigenvalue weighted by molar-refractivity contribution is -0.121. The van der Waals surface area contributed by atoms with Crippen LogP contribution in [-0.4, -0.2) is 28.6 Å². The summed E-state index contributed by atoms with van der Waals surface area (Å²) >= 11 is 5.90. The number of carbonyl (C=O) groups excluding carboxylic acids is 1. The van der Waals surface area contributed by atoms with Crippen molar-refractivity contribution in [1.82, 2.24) is 14.9 Å². The van der Waals surface area contributed by atoms with Crippen LogP contribution in [0.5, 0.6) is 5.75 Å². The van der Waals surface area contributed by atoms with Gasteiger partial charge in [0.2, 0.25) is 5.91 Å². The average Bonchev–Trinajstić information content (AvgIpc) is 3.04. The second kappa shape index (κ2) is 10.1. The molecule has 1 heterocycles. The molecule has 28 heavy (non-hydrogen) atoms. The number of hydrogen-bond acceptors (Lipinski definition) is 3. The number of imidazole rings is 1. The molecule has 0 aliphatic rings. The van der Waals surface area contributed by atoms with Crippen molar-refractivity contribution < 1.29 is 9.53 Å². The maximum Gasteiger partial charge on any atom is 0.219 e. The third-order valence-electron chi connectivity index (χ3n) is 4.49. The van der Waals surface area contributed by atoms with Crippen LogP contribution in [0.25, 0.3) is 11.0 Å². The summed E-state index contributed by atoms with van der Waals surface area (Å²) in [4.78, 5) is 16.5. The highest BCUT2D eigenvalue weighted by Crippen LogP contribution is 2.18. The second-order valence-electron chi connectivity index (χ2n) is 6.67. The summed E-state index contributed by atoms with van der Waals surface area (Å²) in [6.45, 7) is 4.03. The molecule has 0 radical (unpaired) electrons. The van der Waals surface area contributed by atoms with E-state index in [1.165, 1.54) is 0 Å². The number of carbonyl (C=O) groups is 1. The lowest BCUT2D eigenvalue weighted by Gasteiger charge is -2.11. The Labute approximate surface area is 170 Å². The van der Waals surface area contributed by atoms with Gasteiger partial charge in [0.05, 0.1) is 17.6 Å². The minimum absolute atomic E-state index is 0.0986. The van der Waals surface area contributed by atoms with Crippen LogP contribution in [0.2, 0.25) is 5.02 Å². The lowest BCUT2D eigenvalue weighted by Crippen LogP contribution is -2.26. The van der Waals surface area contributed by atoms with Gasteiger partial charge in [-0.3, -0.25) is 4.79 Å². The molecule has 0 saturated heterocycles. The summed E-state index contributed by atoms with van der Waals surface area (Å²) in [5, 5.41) is 3.67. The minimum Gasteiger partial charge on any atom is -0.494 e. The maximum atomic E-state index is 11.7. The Morgan fingerprint density at radius 2 is 1.96 bits per heavy atom. The van der Waals surface area contributed by atoms with Gasteiger partial charge in [0.15, 0.2) is 0 Å². The van der Waals surface area contributed by atoms with Crippen molar-refractivity contribution in [2.45, 2.75) is 39.2 Å². The third kappa shape index (κ3) is 5.49. The van der Waals surface area contributed by atoms with Crippen LogP contribution in [0.3, 0.4) is 0 Å². The van der Waals surface area contributed by atoms with Gasteiger partial charge in [0.25, 0.3) is 0 Å². The molecule has 1 amide bonds. The molecule has 0 bridgehead atoms. The van der Waals surface area contributed by atoms with Crippen LogP contribution in [0.1, 0.15) is 32.0 Å². The predicted molar refractivity (Wildman–Crippen MR) is 113 cm³/mol. The van der Waals surface area contributed by atoms with E-state index in [4.69, 9.17) is 21.3 Å². The van der Waals surface area contributed by atoms with Crippen LogP contribution >= 0.6 is 11.6 Å². The Hall–Kier alpha value is -2.53. The van der Waals surface area contributed by atoms with Gasteiger partial charge in [-0.05, 0) is 49.2 Å². The molecule has 1 aromatic heterocycles. The Morgan fingerprint density at radius 3 is 2.75 bits per heavy atom. The summed E-state index contributed by atoms with van der Waals surface area (Å²) in [7, 11) is 0. The van der Waals surface area contributed by atoms with Crippen molar-refractivity contribution in [3.63, 3.8) is 0 Å². The van der Waals surface area contributed by atoms with E-state index in [0.717, 1.165) is 42.0 Å². The molecule has 5 nitrogen and oxygen atoms in total. The van der Waals surface area contributed by atoms with Crippen molar-refractivity contribution in [2.24, 2.45) is 0 Å². The fourth-order valence-electron chi connectivity index (χ4n) is 3.14. The Balaban J connectivity index is 1.60. The largest absolute Gasteiger partial charge is 0.494 e. The molecule has 3 rings (SSSR count). The molecule has 148 valence electrons. The number of halogens is 1. The number of para-hydroxylation sites is 2. The number of nitrogens with one attached hydrogen (secondary N) is 1. The quantitative estimate of drug-likeness (QED) is 0.506. The summed E-state index contributed by atoms with van der Waals surface area (Å²) in [5.41, 5.74) is 2.10. The van der Waals surface area contributed by atoms with Crippen molar-refractivity contribution in [3.05, 3.63) is 59.4 Å². The van der Waals surface area contributed by atoms with Gasteiger partial charge in [-0.1, -0.05) is 30.7 Å². The highest BCUT2D eigenvalue weighted by molar-refractivity contribution is 6.30. The number of ether oxygens (including phenoxy) is 1. The smallest absolute Gasteiger partial charge is 0.219 e. The Kier molecular flexibility index (Phi) is 7.31. The predicted octanol–water partition coefficient (Wildman–Crippen LogP) is 4.62. The standard InChI is InChI=1S/C22H26ClN3O2/c1-2-6-22(27)24-14-13-21-25-19-7-3-4-8-20(19)26(21)15-5-16-28-18-11-9-17(23)10-12-18/h3-4,7-12H,2,5-6,13-16H2,1H3,(H,24,27).